The van der Waals surface area contributed by atoms with Crippen LogP contribution in [0.25, 0.3) is 16.6 Å². The minimum absolute atomic E-state index is 0.0691. The van der Waals surface area contributed by atoms with Gasteiger partial charge in [-0.3, -0.25) is 4.79 Å². The molecule has 2 aliphatic rings. The van der Waals surface area contributed by atoms with Gasteiger partial charge in [0.1, 0.15) is 17.8 Å². The molecule has 0 bridgehead atoms. The topological polar surface area (TPSA) is 59.3 Å². The third kappa shape index (κ3) is 2.54. The number of rotatable bonds is 3. The smallest absolute Gasteiger partial charge is 0.281 e. The van der Waals surface area contributed by atoms with Crippen molar-refractivity contribution in [2.24, 2.45) is 5.92 Å². The zero-order valence-electron chi connectivity index (χ0n) is 14.1. The molecular weight excluding hydrogens is 390 g/mol. The van der Waals surface area contributed by atoms with Crippen LogP contribution in [0.1, 0.15) is 19.3 Å². The van der Waals surface area contributed by atoms with Crippen molar-refractivity contribution in [2.45, 2.75) is 31.0 Å². The van der Waals surface area contributed by atoms with E-state index in [1.165, 1.54) is 10.8 Å². The van der Waals surface area contributed by atoms with Crippen molar-refractivity contribution in [2.75, 3.05) is 5.32 Å². The van der Waals surface area contributed by atoms with E-state index in [0.717, 1.165) is 6.42 Å². The molecule has 0 radical (unpaired) electrons. The van der Waals surface area contributed by atoms with Crippen LogP contribution < -0.4 is 10.9 Å². The van der Waals surface area contributed by atoms with E-state index in [0.29, 0.717) is 45.3 Å². The summed E-state index contributed by atoms with van der Waals surface area (Å²) in [5, 5.41) is 8.52. The monoisotopic (exact) mass is 404 g/mol. The Bertz CT molecular complexity index is 1110. The van der Waals surface area contributed by atoms with Gasteiger partial charge in [0.05, 0.1) is 21.1 Å². The second kappa shape index (κ2) is 5.91. The maximum atomic E-state index is 14.1. The van der Waals surface area contributed by atoms with Gasteiger partial charge in [-0.05, 0) is 37.1 Å². The molecule has 0 saturated heterocycles. The number of alkyl halides is 1. The van der Waals surface area contributed by atoms with E-state index in [1.807, 2.05) is 0 Å². The molecule has 5 nitrogen and oxygen atoms in total. The van der Waals surface area contributed by atoms with Gasteiger partial charge in [-0.2, -0.15) is 4.98 Å². The van der Waals surface area contributed by atoms with Crippen LogP contribution in [0.3, 0.4) is 0 Å². The number of nitrogens with zero attached hydrogens (tertiary/aromatic N) is 3. The molecule has 5 rings (SSSR count). The molecule has 27 heavy (non-hydrogen) atoms. The van der Waals surface area contributed by atoms with E-state index in [1.54, 1.807) is 30.3 Å². The van der Waals surface area contributed by atoms with E-state index in [-0.39, 0.29) is 12.0 Å². The van der Waals surface area contributed by atoms with Gasteiger partial charge in [-0.1, -0.05) is 29.3 Å². The zero-order valence-corrected chi connectivity index (χ0v) is 15.6. The second-order valence-corrected chi connectivity index (χ2v) is 8.02. The van der Waals surface area contributed by atoms with Crippen molar-refractivity contribution in [3.05, 3.63) is 57.1 Å². The SMILES string of the molecule is O=c1ncn2nc(NC3CC4(F)CCC34)ccc2c1-c1c(Cl)cccc1Cl. The highest BCUT2D eigenvalue weighted by molar-refractivity contribution is 6.39. The lowest BCUT2D eigenvalue weighted by atomic mass is 9.54. The minimum atomic E-state index is -0.978. The normalized spacial score (nSPS) is 26.2. The summed E-state index contributed by atoms with van der Waals surface area (Å²) in [5.41, 5.74) is -0.114. The van der Waals surface area contributed by atoms with Crippen LogP contribution in [-0.2, 0) is 0 Å². The lowest BCUT2D eigenvalue weighted by Crippen LogP contribution is -2.64. The van der Waals surface area contributed by atoms with Crippen LogP contribution in [0.15, 0.2) is 41.5 Å². The Morgan fingerprint density at radius 2 is 1.96 bits per heavy atom. The molecule has 3 aromatic rings. The fourth-order valence-electron chi connectivity index (χ4n) is 4.18. The molecule has 0 aliphatic heterocycles. The zero-order chi connectivity index (χ0) is 18.8. The van der Waals surface area contributed by atoms with E-state index >= 15 is 0 Å². The maximum absolute atomic E-state index is 14.1. The molecule has 2 saturated carbocycles. The number of hydrogen-bond acceptors (Lipinski definition) is 4. The molecule has 2 aliphatic carbocycles. The van der Waals surface area contributed by atoms with Crippen LogP contribution in [0.4, 0.5) is 10.2 Å². The summed E-state index contributed by atoms with van der Waals surface area (Å²) in [6, 6.07) is 8.71. The standard InChI is InChI=1S/C19H15Cl2FN4O/c20-11-2-1-3-12(21)16(11)17-14-4-5-15(25-26(14)9-23-18(17)27)24-13-8-19(22)7-6-10(13)19/h1-5,9-10,13H,6-8H2,(H,24,25). The van der Waals surface area contributed by atoms with Crippen LogP contribution in [0.2, 0.25) is 10.0 Å². The first-order valence-corrected chi connectivity index (χ1v) is 9.50. The molecule has 138 valence electrons. The summed E-state index contributed by atoms with van der Waals surface area (Å²) in [6.07, 6.45) is 3.44. The summed E-state index contributed by atoms with van der Waals surface area (Å²) in [7, 11) is 0. The molecule has 1 N–H and O–H groups in total. The second-order valence-electron chi connectivity index (χ2n) is 7.20. The average molecular weight is 405 g/mol. The van der Waals surface area contributed by atoms with Crippen molar-refractivity contribution in [3.63, 3.8) is 0 Å². The van der Waals surface area contributed by atoms with Gasteiger partial charge in [-0.15, -0.1) is 5.10 Å². The van der Waals surface area contributed by atoms with E-state index in [2.05, 4.69) is 15.4 Å². The first-order chi connectivity index (χ1) is 13.0. The molecule has 1 aromatic carbocycles. The molecule has 0 spiro atoms. The highest BCUT2D eigenvalue weighted by atomic mass is 35.5. The Morgan fingerprint density at radius 3 is 2.59 bits per heavy atom. The summed E-state index contributed by atoms with van der Waals surface area (Å²) >= 11 is 12.6. The highest BCUT2D eigenvalue weighted by Gasteiger charge is 2.61. The molecule has 2 heterocycles. The van der Waals surface area contributed by atoms with Crippen molar-refractivity contribution >= 4 is 34.5 Å². The summed E-state index contributed by atoms with van der Waals surface area (Å²) in [4.78, 5) is 16.4. The van der Waals surface area contributed by atoms with Crippen LogP contribution in [0.5, 0.6) is 0 Å². The molecule has 2 aromatic heterocycles. The lowest BCUT2D eigenvalue weighted by molar-refractivity contribution is -0.111. The Kier molecular flexibility index (Phi) is 3.71. The number of benzene rings is 1. The Balaban J connectivity index is 1.56. The van der Waals surface area contributed by atoms with E-state index < -0.39 is 11.2 Å². The molecule has 8 heteroatoms. The summed E-state index contributed by atoms with van der Waals surface area (Å²) < 4.78 is 15.6. The van der Waals surface area contributed by atoms with Gasteiger partial charge in [0.2, 0.25) is 0 Å². The third-order valence-electron chi connectivity index (χ3n) is 5.74. The van der Waals surface area contributed by atoms with E-state index in [4.69, 9.17) is 23.2 Å². The summed E-state index contributed by atoms with van der Waals surface area (Å²) in [5.74, 6) is 0.683. The number of halogens is 3. The lowest BCUT2D eigenvalue weighted by Gasteiger charge is -2.58. The molecular formula is C19H15Cl2FN4O. The molecule has 3 atom stereocenters. The average Bonchev–Trinajstić information content (AvgIpc) is 2.62. The number of aromatic nitrogens is 3. The molecule has 3 unspecified atom stereocenters. The quantitative estimate of drug-likeness (QED) is 0.703. The number of nitrogens with one attached hydrogen (secondary N) is 1. The van der Waals surface area contributed by atoms with Gasteiger partial charge in [0.15, 0.2) is 0 Å². The number of anilines is 1. The third-order valence-corrected chi connectivity index (χ3v) is 6.37. The predicted molar refractivity (Wildman–Crippen MR) is 103 cm³/mol. The minimum Gasteiger partial charge on any atom is -0.365 e. The maximum Gasteiger partial charge on any atom is 0.281 e. The fourth-order valence-corrected chi connectivity index (χ4v) is 4.77. The first-order valence-electron chi connectivity index (χ1n) is 8.75. The Morgan fingerprint density at radius 1 is 1.19 bits per heavy atom. The van der Waals surface area contributed by atoms with Gasteiger partial charge in [0.25, 0.3) is 5.56 Å². The Hall–Kier alpha value is -2.18. The van der Waals surface area contributed by atoms with Crippen LogP contribution >= 0.6 is 23.2 Å². The van der Waals surface area contributed by atoms with Crippen molar-refractivity contribution in [1.82, 2.24) is 14.6 Å². The van der Waals surface area contributed by atoms with Crippen molar-refractivity contribution < 1.29 is 4.39 Å². The Labute approximate surface area is 164 Å². The predicted octanol–water partition coefficient (Wildman–Crippen LogP) is 4.37. The molecule has 0 amide bonds. The molecule has 2 fully saturated rings. The van der Waals surface area contributed by atoms with Gasteiger partial charge in [-0.25, -0.2) is 8.91 Å². The van der Waals surface area contributed by atoms with Crippen LogP contribution in [0, 0.1) is 5.92 Å². The van der Waals surface area contributed by atoms with Crippen molar-refractivity contribution in [3.8, 4) is 11.1 Å². The highest BCUT2D eigenvalue weighted by Crippen LogP contribution is 2.57. The fraction of sp³-hybridized carbons (Fsp3) is 0.316. The largest absolute Gasteiger partial charge is 0.365 e. The van der Waals surface area contributed by atoms with Crippen LogP contribution in [-0.4, -0.2) is 26.3 Å². The number of fused-ring (bicyclic) bond motifs is 2. The van der Waals surface area contributed by atoms with Gasteiger partial charge >= 0.3 is 0 Å². The van der Waals surface area contributed by atoms with Gasteiger partial charge in [0, 0.05) is 23.9 Å². The van der Waals surface area contributed by atoms with Crippen molar-refractivity contribution in [1.29, 1.82) is 0 Å². The van der Waals surface area contributed by atoms with Gasteiger partial charge < -0.3 is 5.32 Å². The first kappa shape index (κ1) is 17.0. The van der Waals surface area contributed by atoms with E-state index in [9.17, 15) is 9.18 Å². The summed E-state index contributed by atoms with van der Waals surface area (Å²) in [6.45, 7) is 0. The number of hydrogen-bond donors (Lipinski definition) is 1.